The lowest BCUT2D eigenvalue weighted by atomic mass is 10.0. The molecule has 6 heteroatoms. The van der Waals surface area contributed by atoms with Crippen LogP contribution >= 0.6 is 0 Å². The number of hydrogen-bond donors (Lipinski definition) is 0. The average molecular weight is 1150 g/mol. The first-order valence-electron chi connectivity index (χ1n) is 34.0. The van der Waals surface area contributed by atoms with E-state index in [2.05, 4.69) is 179 Å². The molecule has 0 aliphatic carbocycles. The first kappa shape index (κ1) is 78.0. The summed E-state index contributed by atoms with van der Waals surface area (Å²) in [7, 11) is 0. The molecule has 0 N–H and O–H groups in total. The number of unbranched alkanes of at least 4 members (excludes halogenated alkanes) is 23. The Morgan fingerprint density at radius 1 is 0.253 bits per heavy atom. The molecule has 0 bridgehead atoms. The van der Waals surface area contributed by atoms with Crippen LogP contribution in [-0.4, -0.2) is 37.2 Å². The SMILES string of the molecule is CC/C=C\C/C=C\C/C=C\C/C=C\C/C=C\C/C=C\C/C=C\C/C=C\C/C=C\CCCC(=O)OC(COC(=O)CCCCCCC)COC(=O)CCCCCCCCCCCCCCCCCCCC/C=C\C/C=C\C/C=C\C/C=C\CC. The van der Waals surface area contributed by atoms with Crippen LogP contribution in [0.25, 0.3) is 0 Å². The van der Waals surface area contributed by atoms with Crippen LogP contribution in [0.1, 0.15) is 290 Å². The number of esters is 3. The Morgan fingerprint density at radius 3 is 0.771 bits per heavy atom. The third-order valence-electron chi connectivity index (χ3n) is 14.0. The maximum Gasteiger partial charge on any atom is 0.306 e. The number of allylic oxidation sites excluding steroid dienone is 26. The molecule has 0 aliphatic heterocycles. The van der Waals surface area contributed by atoms with Crippen LogP contribution in [0.2, 0.25) is 0 Å². The third-order valence-corrected chi connectivity index (χ3v) is 14.0. The summed E-state index contributed by atoms with van der Waals surface area (Å²) in [6.07, 6.45) is 102. The van der Waals surface area contributed by atoms with E-state index in [4.69, 9.17) is 14.2 Å². The normalized spacial score (nSPS) is 13.1. The van der Waals surface area contributed by atoms with Gasteiger partial charge in [-0.2, -0.15) is 0 Å². The van der Waals surface area contributed by atoms with Crippen molar-refractivity contribution in [2.24, 2.45) is 0 Å². The first-order valence-corrected chi connectivity index (χ1v) is 34.0. The molecule has 0 rings (SSSR count). The second kappa shape index (κ2) is 69.5. The predicted octanol–water partition coefficient (Wildman–Crippen LogP) is 23.7. The van der Waals surface area contributed by atoms with Gasteiger partial charge >= 0.3 is 17.9 Å². The second-order valence-corrected chi connectivity index (χ2v) is 22.0. The predicted molar refractivity (Wildman–Crippen MR) is 362 cm³/mol. The third kappa shape index (κ3) is 67.7. The molecule has 0 aliphatic rings. The van der Waals surface area contributed by atoms with E-state index >= 15 is 0 Å². The van der Waals surface area contributed by atoms with Crippen molar-refractivity contribution in [1.29, 1.82) is 0 Å². The van der Waals surface area contributed by atoms with Crippen molar-refractivity contribution in [2.75, 3.05) is 13.2 Å². The summed E-state index contributed by atoms with van der Waals surface area (Å²) < 4.78 is 16.7. The van der Waals surface area contributed by atoms with E-state index in [1.165, 1.54) is 103 Å². The fourth-order valence-corrected chi connectivity index (χ4v) is 9.02. The quantitative estimate of drug-likeness (QED) is 0.0261. The van der Waals surface area contributed by atoms with Gasteiger partial charge in [0.15, 0.2) is 6.10 Å². The first-order chi connectivity index (χ1) is 41.0. The van der Waals surface area contributed by atoms with Crippen molar-refractivity contribution < 1.29 is 28.6 Å². The molecule has 1 atom stereocenters. The van der Waals surface area contributed by atoms with Gasteiger partial charge in [0.25, 0.3) is 0 Å². The van der Waals surface area contributed by atoms with Crippen LogP contribution in [0.4, 0.5) is 0 Å². The highest BCUT2D eigenvalue weighted by atomic mass is 16.6. The minimum atomic E-state index is -0.811. The molecule has 1 unspecified atom stereocenters. The molecule has 0 aromatic heterocycles. The van der Waals surface area contributed by atoms with Crippen molar-refractivity contribution in [3.05, 3.63) is 158 Å². The van der Waals surface area contributed by atoms with Crippen LogP contribution in [0.15, 0.2) is 158 Å². The van der Waals surface area contributed by atoms with Crippen LogP contribution in [-0.2, 0) is 28.6 Å². The standard InChI is InChI=1S/C77H124O6/c1-4-7-10-13-15-17-19-21-23-25-27-29-31-33-35-37-38-40-41-43-45-47-49-51-53-55-57-59-61-64-67-70-76(79)82-73-74(72-81-75(78)69-66-63-12-9-6-3)83-77(80)71-68-65-62-60-58-56-54-52-50-48-46-44-42-39-36-34-32-30-28-26-24-22-20-18-16-14-11-8-5-2/h7-8,10-11,15-18,21-24,27-30,34,36,42,44,48,50,54,56,60,62,74H,4-6,9,12-14,19-20,25-26,31-33,35,37-41,43,45-47,49,51-53,55,57-59,61,63-73H2,1-3H3/b10-7-,11-8-,17-15-,18-16-,23-21-,24-22-,29-27-,30-28-,36-34-,44-42-,50-48-,56-54-,62-60-. The minimum Gasteiger partial charge on any atom is -0.462 e. The van der Waals surface area contributed by atoms with Gasteiger partial charge < -0.3 is 14.2 Å². The lowest BCUT2D eigenvalue weighted by molar-refractivity contribution is -0.167. The fraction of sp³-hybridized carbons (Fsp3) is 0.623. The zero-order valence-electron chi connectivity index (χ0n) is 53.7. The number of carbonyl (C=O) groups is 3. The molecule has 83 heavy (non-hydrogen) atoms. The summed E-state index contributed by atoms with van der Waals surface area (Å²) >= 11 is 0. The monoisotopic (exact) mass is 1140 g/mol. The Morgan fingerprint density at radius 2 is 0.482 bits per heavy atom. The molecule has 468 valence electrons. The summed E-state index contributed by atoms with van der Waals surface area (Å²) in [5, 5.41) is 0. The maximum atomic E-state index is 12.8. The van der Waals surface area contributed by atoms with Gasteiger partial charge in [0.05, 0.1) is 0 Å². The molecule has 0 radical (unpaired) electrons. The molecule has 0 aromatic carbocycles. The summed E-state index contributed by atoms with van der Waals surface area (Å²) in [4.78, 5) is 38.0. The number of carbonyl (C=O) groups excluding carboxylic acids is 3. The van der Waals surface area contributed by atoms with E-state index in [-0.39, 0.29) is 37.5 Å². The van der Waals surface area contributed by atoms with Crippen LogP contribution < -0.4 is 0 Å². The molecule has 0 spiro atoms. The van der Waals surface area contributed by atoms with Crippen molar-refractivity contribution in [3.8, 4) is 0 Å². The van der Waals surface area contributed by atoms with Crippen LogP contribution in [0.3, 0.4) is 0 Å². The molecule has 0 saturated heterocycles. The lowest BCUT2D eigenvalue weighted by Gasteiger charge is -2.18. The average Bonchev–Trinajstić information content (AvgIpc) is 3.48. The molecular weight excluding hydrogens is 1020 g/mol. The molecule has 0 fully saturated rings. The molecule has 6 nitrogen and oxygen atoms in total. The molecule has 0 saturated carbocycles. The highest BCUT2D eigenvalue weighted by Crippen LogP contribution is 2.16. The Labute approximate surface area is 511 Å². The second-order valence-electron chi connectivity index (χ2n) is 22.0. The highest BCUT2D eigenvalue weighted by Gasteiger charge is 2.19. The Kier molecular flexibility index (Phi) is 65.4. The highest BCUT2D eigenvalue weighted by molar-refractivity contribution is 5.71. The van der Waals surface area contributed by atoms with E-state index in [1.54, 1.807) is 0 Å². The zero-order chi connectivity index (χ0) is 59.9. The Bertz CT molecular complexity index is 1840. The van der Waals surface area contributed by atoms with Gasteiger partial charge in [-0.1, -0.05) is 307 Å². The summed E-state index contributed by atoms with van der Waals surface area (Å²) in [6, 6.07) is 0. The van der Waals surface area contributed by atoms with Gasteiger partial charge in [0.1, 0.15) is 13.2 Å². The van der Waals surface area contributed by atoms with E-state index in [0.29, 0.717) is 19.3 Å². The van der Waals surface area contributed by atoms with Crippen LogP contribution in [0, 0.1) is 0 Å². The zero-order valence-corrected chi connectivity index (χ0v) is 53.7. The maximum absolute atomic E-state index is 12.8. The molecular formula is C77H124O6. The lowest BCUT2D eigenvalue weighted by Crippen LogP contribution is -2.30. The van der Waals surface area contributed by atoms with Gasteiger partial charge in [0, 0.05) is 19.3 Å². The van der Waals surface area contributed by atoms with Gasteiger partial charge in [-0.15, -0.1) is 0 Å². The molecule has 0 amide bonds. The largest absolute Gasteiger partial charge is 0.462 e. The number of ether oxygens (including phenoxy) is 3. The van der Waals surface area contributed by atoms with Gasteiger partial charge in [-0.05, 0) is 122 Å². The van der Waals surface area contributed by atoms with Crippen molar-refractivity contribution in [3.63, 3.8) is 0 Å². The molecule has 0 aromatic rings. The van der Waals surface area contributed by atoms with Crippen molar-refractivity contribution >= 4 is 17.9 Å². The summed E-state index contributed by atoms with van der Waals surface area (Å²) in [6.45, 7) is 6.29. The van der Waals surface area contributed by atoms with E-state index in [9.17, 15) is 14.4 Å². The summed E-state index contributed by atoms with van der Waals surface area (Å²) in [5.74, 6) is -0.978. The van der Waals surface area contributed by atoms with Crippen LogP contribution in [0.5, 0.6) is 0 Å². The Hall–Kier alpha value is -4.97. The van der Waals surface area contributed by atoms with E-state index < -0.39 is 6.10 Å². The van der Waals surface area contributed by atoms with Gasteiger partial charge in [0.2, 0.25) is 0 Å². The summed E-state index contributed by atoms with van der Waals surface area (Å²) in [5.41, 5.74) is 0. The minimum absolute atomic E-state index is 0.104. The van der Waals surface area contributed by atoms with Crippen molar-refractivity contribution in [2.45, 2.75) is 297 Å². The number of hydrogen-bond acceptors (Lipinski definition) is 6. The van der Waals surface area contributed by atoms with E-state index in [0.717, 1.165) is 141 Å². The number of rotatable bonds is 60. The topological polar surface area (TPSA) is 78.9 Å². The Balaban J connectivity index is 4.11. The van der Waals surface area contributed by atoms with Gasteiger partial charge in [-0.3, -0.25) is 14.4 Å². The van der Waals surface area contributed by atoms with Gasteiger partial charge in [-0.25, -0.2) is 0 Å². The fourth-order valence-electron chi connectivity index (χ4n) is 9.02. The smallest absolute Gasteiger partial charge is 0.306 e. The van der Waals surface area contributed by atoms with Crippen molar-refractivity contribution in [1.82, 2.24) is 0 Å². The molecule has 0 heterocycles. The van der Waals surface area contributed by atoms with E-state index in [1.807, 2.05) is 0 Å².